The number of methoxy groups -OCH3 is 1. The number of hydrogen-bond acceptors (Lipinski definition) is 5. The molecule has 0 unspecified atom stereocenters. The zero-order valence-corrected chi connectivity index (χ0v) is 17.4. The molecule has 1 saturated carbocycles. The Hall–Kier alpha value is -2.17. The van der Waals surface area contributed by atoms with E-state index in [1.807, 2.05) is 0 Å². The first kappa shape index (κ1) is 20.6. The molecule has 3 N–H and O–H groups in total. The van der Waals surface area contributed by atoms with E-state index in [1.165, 1.54) is 37.4 Å². The van der Waals surface area contributed by atoms with Gasteiger partial charge in [-0.05, 0) is 49.2 Å². The lowest BCUT2D eigenvalue weighted by molar-refractivity contribution is -0.114. The van der Waals surface area contributed by atoms with E-state index < -0.39 is 21.7 Å². The minimum Gasteiger partial charge on any atom is -0.495 e. The molecular formula is C18H19BrFN3O4S. The second-order valence-electron chi connectivity index (χ2n) is 6.28. The molecule has 0 aliphatic heterocycles. The van der Waals surface area contributed by atoms with Crippen LogP contribution in [-0.2, 0) is 14.8 Å². The number of sulfonamides is 1. The number of carbonyl (C=O) groups is 1. The van der Waals surface area contributed by atoms with Gasteiger partial charge in [-0.25, -0.2) is 17.5 Å². The standard InChI is InChI=1S/C18H19BrFN3O4S/c1-27-17-7-5-13(28(25,26)23-12-3-4-12)9-16(17)21-10-18(24)22-15-6-2-11(19)8-14(15)20/h2,5-9,12,21,23H,3-4,10H2,1H3,(H,22,24). The number of anilines is 2. The average Bonchev–Trinajstić information content (AvgIpc) is 3.45. The van der Waals surface area contributed by atoms with E-state index in [0.717, 1.165) is 12.8 Å². The zero-order chi connectivity index (χ0) is 20.3. The van der Waals surface area contributed by atoms with Crippen LogP contribution in [0.5, 0.6) is 5.75 Å². The number of hydrogen-bond donors (Lipinski definition) is 3. The number of rotatable bonds is 8. The van der Waals surface area contributed by atoms with Crippen molar-refractivity contribution in [2.75, 3.05) is 24.3 Å². The topological polar surface area (TPSA) is 96.5 Å². The van der Waals surface area contributed by atoms with Crippen LogP contribution in [0.15, 0.2) is 45.8 Å². The summed E-state index contributed by atoms with van der Waals surface area (Å²) in [4.78, 5) is 12.2. The average molecular weight is 472 g/mol. The maximum atomic E-state index is 13.8. The van der Waals surface area contributed by atoms with Gasteiger partial charge in [0.15, 0.2) is 0 Å². The van der Waals surface area contributed by atoms with Gasteiger partial charge in [0.1, 0.15) is 11.6 Å². The van der Waals surface area contributed by atoms with Crippen molar-refractivity contribution in [2.45, 2.75) is 23.8 Å². The van der Waals surface area contributed by atoms with Crippen molar-refractivity contribution >= 4 is 43.2 Å². The first-order valence-corrected chi connectivity index (χ1v) is 10.8. The molecule has 7 nitrogen and oxygen atoms in total. The lowest BCUT2D eigenvalue weighted by Gasteiger charge is -2.14. The van der Waals surface area contributed by atoms with Crippen LogP contribution in [0.3, 0.4) is 0 Å². The molecule has 28 heavy (non-hydrogen) atoms. The van der Waals surface area contributed by atoms with Crippen molar-refractivity contribution in [3.8, 4) is 5.75 Å². The van der Waals surface area contributed by atoms with Gasteiger partial charge in [0.2, 0.25) is 15.9 Å². The normalized spacial score (nSPS) is 13.8. The van der Waals surface area contributed by atoms with Crippen LogP contribution in [-0.4, -0.2) is 34.0 Å². The van der Waals surface area contributed by atoms with Crippen molar-refractivity contribution in [1.29, 1.82) is 0 Å². The molecule has 3 rings (SSSR count). The van der Waals surface area contributed by atoms with Crippen LogP contribution < -0.4 is 20.1 Å². The molecule has 0 heterocycles. The fourth-order valence-corrected chi connectivity index (χ4v) is 4.11. The van der Waals surface area contributed by atoms with Crippen LogP contribution in [0.25, 0.3) is 0 Å². The van der Waals surface area contributed by atoms with Gasteiger partial charge in [0, 0.05) is 10.5 Å². The van der Waals surface area contributed by atoms with E-state index in [-0.39, 0.29) is 23.2 Å². The number of ether oxygens (including phenoxy) is 1. The molecule has 0 saturated heterocycles. The van der Waals surface area contributed by atoms with Gasteiger partial charge in [0.25, 0.3) is 0 Å². The predicted molar refractivity (Wildman–Crippen MR) is 108 cm³/mol. The van der Waals surface area contributed by atoms with Gasteiger partial charge in [-0.2, -0.15) is 0 Å². The summed E-state index contributed by atoms with van der Waals surface area (Å²) in [6, 6.07) is 8.62. The Kier molecular flexibility index (Phi) is 6.21. The summed E-state index contributed by atoms with van der Waals surface area (Å²) in [6.45, 7) is -0.203. The summed E-state index contributed by atoms with van der Waals surface area (Å²) >= 11 is 3.15. The summed E-state index contributed by atoms with van der Waals surface area (Å²) in [5, 5.41) is 5.29. The van der Waals surface area contributed by atoms with Crippen LogP contribution >= 0.6 is 15.9 Å². The monoisotopic (exact) mass is 471 g/mol. The largest absolute Gasteiger partial charge is 0.495 e. The lowest BCUT2D eigenvalue weighted by Crippen LogP contribution is -2.26. The minimum atomic E-state index is -3.64. The van der Waals surface area contributed by atoms with E-state index in [1.54, 1.807) is 6.07 Å². The maximum absolute atomic E-state index is 13.8. The van der Waals surface area contributed by atoms with E-state index in [4.69, 9.17) is 4.74 Å². The van der Waals surface area contributed by atoms with Gasteiger partial charge in [0.05, 0.1) is 29.9 Å². The summed E-state index contributed by atoms with van der Waals surface area (Å²) in [7, 11) is -2.20. The zero-order valence-electron chi connectivity index (χ0n) is 15.0. The Morgan fingerprint density at radius 1 is 1.21 bits per heavy atom. The van der Waals surface area contributed by atoms with Gasteiger partial charge < -0.3 is 15.4 Å². The van der Waals surface area contributed by atoms with Crippen molar-refractivity contribution in [1.82, 2.24) is 4.72 Å². The summed E-state index contributed by atoms with van der Waals surface area (Å²) < 4.78 is 46.9. The molecule has 0 atom stereocenters. The maximum Gasteiger partial charge on any atom is 0.243 e. The van der Waals surface area contributed by atoms with Crippen LogP contribution in [0.2, 0.25) is 0 Å². The lowest BCUT2D eigenvalue weighted by atomic mass is 10.3. The second kappa shape index (κ2) is 8.46. The first-order chi connectivity index (χ1) is 13.3. The molecule has 2 aromatic rings. The third kappa shape index (κ3) is 5.21. The summed E-state index contributed by atoms with van der Waals surface area (Å²) in [5.74, 6) is -0.680. The molecule has 0 aromatic heterocycles. The predicted octanol–water partition coefficient (Wildman–Crippen LogP) is 3.09. The van der Waals surface area contributed by atoms with Crippen LogP contribution in [0.1, 0.15) is 12.8 Å². The number of nitrogens with one attached hydrogen (secondary N) is 3. The highest BCUT2D eigenvalue weighted by Gasteiger charge is 2.28. The van der Waals surface area contributed by atoms with E-state index in [0.29, 0.717) is 15.9 Å². The van der Waals surface area contributed by atoms with Crippen molar-refractivity contribution in [3.05, 3.63) is 46.7 Å². The molecule has 1 aliphatic carbocycles. The van der Waals surface area contributed by atoms with Gasteiger partial charge >= 0.3 is 0 Å². The van der Waals surface area contributed by atoms with Gasteiger partial charge in [-0.1, -0.05) is 15.9 Å². The molecule has 10 heteroatoms. The molecule has 1 amide bonds. The highest BCUT2D eigenvalue weighted by atomic mass is 79.9. The Balaban J connectivity index is 1.70. The van der Waals surface area contributed by atoms with Crippen molar-refractivity contribution in [3.63, 3.8) is 0 Å². The second-order valence-corrected chi connectivity index (χ2v) is 8.91. The molecule has 150 valence electrons. The highest BCUT2D eigenvalue weighted by Crippen LogP contribution is 2.29. The highest BCUT2D eigenvalue weighted by molar-refractivity contribution is 9.10. The summed E-state index contributed by atoms with van der Waals surface area (Å²) in [6.07, 6.45) is 1.65. The Labute approximate surface area is 170 Å². The van der Waals surface area contributed by atoms with Crippen LogP contribution in [0, 0.1) is 5.82 Å². The van der Waals surface area contributed by atoms with E-state index >= 15 is 0 Å². The molecule has 0 radical (unpaired) electrons. The number of halogens is 2. The number of benzene rings is 2. The molecule has 2 aromatic carbocycles. The Bertz CT molecular complexity index is 996. The first-order valence-electron chi connectivity index (χ1n) is 8.47. The fraction of sp³-hybridized carbons (Fsp3) is 0.278. The quantitative estimate of drug-likeness (QED) is 0.549. The minimum absolute atomic E-state index is 0.0184. The summed E-state index contributed by atoms with van der Waals surface area (Å²) in [5.41, 5.74) is 0.388. The smallest absolute Gasteiger partial charge is 0.243 e. The Morgan fingerprint density at radius 3 is 2.61 bits per heavy atom. The molecular weight excluding hydrogens is 453 g/mol. The third-order valence-electron chi connectivity index (χ3n) is 4.03. The third-order valence-corrected chi connectivity index (χ3v) is 6.04. The SMILES string of the molecule is COc1ccc(S(=O)(=O)NC2CC2)cc1NCC(=O)Nc1ccc(Br)cc1F. The molecule has 1 fully saturated rings. The number of carbonyl (C=O) groups excluding carboxylic acids is 1. The molecule has 0 spiro atoms. The van der Waals surface area contributed by atoms with E-state index in [2.05, 4.69) is 31.3 Å². The number of amides is 1. The van der Waals surface area contributed by atoms with Crippen molar-refractivity contribution < 1.29 is 22.3 Å². The van der Waals surface area contributed by atoms with Gasteiger partial charge in [-0.15, -0.1) is 0 Å². The van der Waals surface area contributed by atoms with Crippen LogP contribution in [0.4, 0.5) is 15.8 Å². The molecule has 1 aliphatic rings. The Morgan fingerprint density at radius 2 is 1.96 bits per heavy atom. The fourth-order valence-electron chi connectivity index (χ4n) is 2.44. The van der Waals surface area contributed by atoms with Gasteiger partial charge in [-0.3, -0.25) is 4.79 Å². The molecule has 0 bridgehead atoms. The van der Waals surface area contributed by atoms with Crippen molar-refractivity contribution in [2.24, 2.45) is 0 Å². The van der Waals surface area contributed by atoms with E-state index in [9.17, 15) is 17.6 Å².